The number of alkyl halides is 6. The Morgan fingerprint density at radius 2 is 1.53 bits per heavy atom. The van der Waals surface area contributed by atoms with Gasteiger partial charge in [-0.15, -0.1) is 0 Å². The summed E-state index contributed by atoms with van der Waals surface area (Å²) in [4.78, 5) is 10.2. The molecule has 9 heteroatoms. The molecule has 0 spiro atoms. The summed E-state index contributed by atoms with van der Waals surface area (Å²) in [6, 6.07) is 0. The Hall–Kier alpha value is -1.28. The van der Waals surface area contributed by atoms with Gasteiger partial charge in [-0.25, -0.2) is 4.79 Å². The molecular weight excluding hydrogens is 237 g/mol. The Morgan fingerprint density at radius 3 is 1.73 bits per heavy atom. The maximum atomic E-state index is 11.9. The van der Waals surface area contributed by atoms with E-state index in [-0.39, 0.29) is 0 Å². The van der Waals surface area contributed by atoms with Crippen molar-refractivity contribution in [2.75, 3.05) is 0 Å². The Kier molecular flexibility index (Phi) is 3.20. The molecule has 0 N–H and O–H groups in total. The molecule has 0 aromatic heterocycles. The van der Waals surface area contributed by atoms with Gasteiger partial charge >= 0.3 is 18.3 Å². The average Bonchev–Trinajstić information content (AvgIpc) is 1.99. The van der Waals surface area contributed by atoms with Crippen LogP contribution in [0.1, 0.15) is 1.37 Å². The molecule has 0 atom stereocenters. The van der Waals surface area contributed by atoms with Crippen LogP contribution in [0.3, 0.4) is 0 Å². The molecule has 0 aliphatic rings. The molecule has 0 aliphatic heterocycles. The Bertz CT molecular complexity index is 291. The Morgan fingerprint density at radius 1 is 1.20 bits per heavy atom. The number of esters is 1. The first-order valence-electron chi connectivity index (χ1n) is 3.54. The predicted molar refractivity (Wildman–Crippen MR) is 32.2 cm³/mol. The number of rotatable bonds is 2. The molecule has 0 aliphatic carbocycles. The maximum absolute atomic E-state index is 11.9. The van der Waals surface area contributed by atoms with Gasteiger partial charge in [0.2, 0.25) is 5.83 Å². The highest BCUT2D eigenvalue weighted by atomic mass is 19.4. The summed E-state index contributed by atoms with van der Waals surface area (Å²) < 4.78 is 92.0. The number of ether oxygens (including phenoxy) is 1. The highest BCUT2D eigenvalue weighted by Gasteiger charge is 2.60. The lowest BCUT2D eigenvalue weighted by molar-refractivity contribution is -0.312. The van der Waals surface area contributed by atoms with Crippen molar-refractivity contribution in [2.45, 2.75) is 18.4 Å². The van der Waals surface area contributed by atoms with Gasteiger partial charge in [0.1, 0.15) is 0 Å². The second-order valence-corrected chi connectivity index (χ2v) is 2.12. The highest BCUT2D eigenvalue weighted by Crippen LogP contribution is 2.35. The number of hydrogen-bond acceptors (Lipinski definition) is 2. The fourth-order valence-corrected chi connectivity index (χ4v) is 0.425. The first-order valence-corrected chi connectivity index (χ1v) is 3.04. The number of hydrogen-bond donors (Lipinski definition) is 0. The van der Waals surface area contributed by atoms with Crippen LogP contribution in [0, 0.1) is 0 Å². The summed E-state index contributed by atoms with van der Waals surface area (Å²) in [6.45, 7) is 2.14. The summed E-state index contributed by atoms with van der Waals surface area (Å²) in [6.07, 6.45) is -18.0. The molecule has 0 heterocycles. The lowest BCUT2D eigenvalue weighted by Crippen LogP contribution is -2.45. The van der Waals surface area contributed by atoms with E-state index in [4.69, 9.17) is 1.37 Å². The van der Waals surface area contributed by atoms with Gasteiger partial charge in [-0.3, -0.25) is 0 Å². The van der Waals surface area contributed by atoms with Gasteiger partial charge in [0.25, 0.3) is 6.08 Å². The topological polar surface area (TPSA) is 26.3 Å². The minimum atomic E-state index is -6.25. The SMILES string of the molecule is [2H]C(OC(=O)C(=C)F)(C(F)(F)F)C(F)(F)F. The van der Waals surface area contributed by atoms with E-state index in [0.29, 0.717) is 0 Å². The smallest absolute Gasteiger partial charge is 0.434 e. The van der Waals surface area contributed by atoms with Crippen LogP contribution in [0.2, 0.25) is 0 Å². The van der Waals surface area contributed by atoms with E-state index in [1.54, 1.807) is 0 Å². The van der Waals surface area contributed by atoms with Crippen LogP contribution >= 0.6 is 0 Å². The van der Waals surface area contributed by atoms with Crippen LogP contribution in [-0.4, -0.2) is 24.4 Å². The van der Waals surface area contributed by atoms with E-state index >= 15 is 0 Å². The van der Waals surface area contributed by atoms with Gasteiger partial charge in [0.05, 0.1) is 1.37 Å². The van der Waals surface area contributed by atoms with Crippen LogP contribution in [0.5, 0.6) is 0 Å². The zero-order valence-corrected chi connectivity index (χ0v) is 6.67. The molecule has 0 unspecified atom stereocenters. The minimum Gasteiger partial charge on any atom is -0.437 e. The Labute approximate surface area is 79.7 Å². The summed E-state index contributed by atoms with van der Waals surface area (Å²) in [5.41, 5.74) is 0. The third-order valence-electron chi connectivity index (χ3n) is 0.931. The molecule has 0 saturated carbocycles. The van der Waals surface area contributed by atoms with Crippen LogP contribution in [0.25, 0.3) is 0 Å². The van der Waals surface area contributed by atoms with Crippen LogP contribution in [0.4, 0.5) is 30.7 Å². The van der Waals surface area contributed by atoms with Crippen LogP contribution < -0.4 is 0 Å². The molecular formula is C6H3F7O2. The van der Waals surface area contributed by atoms with E-state index in [2.05, 4.69) is 11.3 Å². The van der Waals surface area contributed by atoms with Gasteiger partial charge in [0.15, 0.2) is 0 Å². The van der Waals surface area contributed by atoms with Crippen molar-refractivity contribution in [3.63, 3.8) is 0 Å². The zero-order chi connectivity index (χ0) is 13.4. The van der Waals surface area contributed by atoms with E-state index in [1.807, 2.05) is 0 Å². The highest BCUT2D eigenvalue weighted by molar-refractivity contribution is 5.85. The predicted octanol–water partition coefficient (Wildman–Crippen LogP) is 2.51. The van der Waals surface area contributed by atoms with Crippen LogP contribution in [0.15, 0.2) is 12.4 Å². The van der Waals surface area contributed by atoms with Crippen molar-refractivity contribution in [3.8, 4) is 0 Å². The molecule has 0 rings (SSSR count). The first-order chi connectivity index (χ1) is 6.83. The van der Waals surface area contributed by atoms with Crippen molar-refractivity contribution < 1.29 is 41.6 Å². The molecule has 0 amide bonds. The zero-order valence-electron chi connectivity index (χ0n) is 7.67. The Balaban J connectivity index is 5.30. The first kappa shape index (κ1) is 11.8. The van der Waals surface area contributed by atoms with Gasteiger partial charge < -0.3 is 4.74 Å². The summed E-state index contributed by atoms with van der Waals surface area (Å²) in [7, 11) is 0. The molecule has 0 aromatic carbocycles. The molecule has 0 fully saturated rings. The van der Waals surface area contributed by atoms with Gasteiger partial charge in [-0.2, -0.15) is 30.7 Å². The fraction of sp³-hybridized carbons (Fsp3) is 0.500. The second kappa shape index (κ2) is 4.07. The molecule has 0 bridgehead atoms. The lowest BCUT2D eigenvalue weighted by Gasteiger charge is -2.22. The summed E-state index contributed by atoms with van der Waals surface area (Å²) in [5.74, 6) is -4.78. The molecule has 88 valence electrons. The monoisotopic (exact) mass is 241 g/mol. The summed E-state index contributed by atoms with van der Waals surface area (Å²) in [5, 5.41) is 0. The van der Waals surface area contributed by atoms with Gasteiger partial charge in [0, 0.05) is 0 Å². The summed E-state index contributed by atoms with van der Waals surface area (Å²) >= 11 is 0. The van der Waals surface area contributed by atoms with E-state index in [9.17, 15) is 35.5 Å². The average molecular weight is 241 g/mol. The largest absolute Gasteiger partial charge is 0.437 e. The maximum Gasteiger partial charge on any atom is 0.434 e. The van der Waals surface area contributed by atoms with Crippen molar-refractivity contribution >= 4 is 5.97 Å². The van der Waals surface area contributed by atoms with Crippen LogP contribution in [-0.2, 0) is 9.53 Å². The number of carbonyl (C=O) groups is 1. The fourth-order valence-electron chi connectivity index (χ4n) is 0.425. The molecule has 0 saturated heterocycles. The molecule has 2 nitrogen and oxygen atoms in total. The third-order valence-corrected chi connectivity index (χ3v) is 0.931. The van der Waals surface area contributed by atoms with E-state index in [0.717, 1.165) is 0 Å². The normalized spacial score (nSPS) is 14.5. The minimum absolute atomic E-state index is 2.14. The molecule has 15 heavy (non-hydrogen) atoms. The van der Waals surface area contributed by atoms with Crippen molar-refractivity contribution in [2.24, 2.45) is 0 Å². The van der Waals surface area contributed by atoms with Crippen molar-refractivity contribution in [3.05, 3.63) is 12.4 Å². The number of halogens is 7. The molecule has 0 radical (unpaired) electrons. The van der Waals surface area contributed by atoms with Gasteiger partial charge in [-0.05, 0) is 0 Å². The third kappa shape index (κ3) is 4.17. The van der Waals surface area contributed by atoms with Crippen molar-refractivity contribution in [1.82, 2.24) is 0 Å². The van der Waals surface area contributed by atoms with E-state index < -0.39 is 30.2 Å². The standard InChI is InChI=1S/C6H3F7O2/c1-2(7)3(14)15-4(5(8,9)10)6(11,12)13/h4H,1H2/i4D. The quantitative estimate of drug-likeness (QED) is 0.421. The van der Waals surface area contributed by atoms with Gasteiger partial charge in [-0.1, -0.05) is 6.58 Å². The van der Waals surface area contributed by atoms with Crippen molar-refractivity contribution in [1.29, 1.82) is 0 Å². The molecule has 0 aromatic rings. The lowest BCUT2D eigenvalue weighted by atomic mass is 10.3. The number of carbonyl (C=O) groups excluding carboxylic acids is 1. The second-order valence-electron chi connectivity index (χ2n) is 2.12. The van der Waals surface area contributed by atoms with E-state index in [1.165, 1.54) is 0 Å².